The van der Waals surface area contributed by atoms with Gasteiger partial charge in [0, 0.05) is 43.8 Å². The second-order valence-electron chi connectivity index (χ2n) is 12.7. The number of urea groups is 1. The van der Waals surface area contributed by atoms with Gasteiger partial charge in [-0.25, -0.2) is 4.79 Å². The Kier molecular flexibility index (Phi) is 10.8. The maximum absolute atomic E-state index is 13.6. The molecule has 2 aliphatic carbocycles. The third-order valence-corrected chi connectivity index (χ3v) is 9.16. The molecule has 6 heteroatoms. The number of nitrogens with zero attached hydrogens (tertiary/aromatic N) is 2. The summed E-state index contributed by atoms with van der Waals surface area (Å²) in [7, 11) is 0. The van der Waals surface area contributed by atoms with Crippen LogP contribution in [-0.4, -0.2) is 28.1 Å². The van der Waals surface area contributed by atoms with Gasteiger partial charge in [-0.2, -0.15) is 0 Å². The van der Waals surface area contributed by atoms with Crippen LogP contribution in [0.15, 0.2) is 97.3 Å². The van der Waals surface area contributed by atoms with Crippen LogP contribution in [0.25, 0.3) is 11.1 Å². The molecule has 2 N–H and O–H groups in total. The van der Waals surface area contributed by atoms with Crippen molar-refractivity contribution in [1.82, 2.24) is 15.2 Å². The minimum Gasteiger partial charge on any atom is -0.490 e. The Morgan fingerprint density at radius 1 is 0.711 bits per heavy atom. The lowest BCUT2D eigenvalue weighted by molar-refractivity contribution is 0.155. The van der Waals surface area contributed by atoms with E-state index in [0.717, 1.165) is 42.0 Å². The van der Waals surface area contributed by atoms with Crippen molar-refractivity contribution in [2.24, 2.45) is 0 Å². The monoisotopic (exact) mass is 602 g/mol. The summed E-state index contributed by atoms with van der Waals surface area (Å²) in [5.74, 6) is 0.859. The first-order valence-corrected chi connectivity index (χ1v) is 16.8. The van der Waals surface area contributed by atoms with Crippen molar-refractivity contribution in [3.63, 3.8) is 0 Å². The normalized spacial score (nSPS) is 15.8. The van der Waals surface area contributed by atoms with Crippen LogP contribution in [0.5, 0.6) is 5.75 Å². The molecular weight excluding hydrogens is 556 g/mol. The van der Waals surface area contributed by atoms with Gasteiger partial charge in [-0.3, -0.25) is 4.98 Å². The lowest BCUT2D eigenvalue weighted by Crippen LogP contribution is -2.34. The van der Waals surface area contributed by atoms with E-state index >= 15 is 0 Å². The van der Waals surface area contributed by atoms with Crippen molar-refractivity contribution < 1.29 is 9.53 Å². The Labute approximate surface area is 268 Å². The molecule has 3 aromatic carbocycles. The number of ether oxygens (including phenoxy) is 1. The number of amides is 2. The molecule has 2 fully saturated rings. The predicted molar refractivity (Wildman–Crippen MR) is 182 cm³/mol. The number of carbonyl (C=O) groups excluding carboxylic acids is 1. The summed E-state index contributed by atoms with van der Waals surface area (Å²) in [6.45, 7) is 1.87. The van der Waals surface area contributed by atoms with E-state index in [2.05, 4.69) is 64.1 Å². The molecule has 6 nitrogen and oxygen atoms in total. The van der Waals surface area contributed by atoms with Crippen molar-refractivity contribution >= 4 is 11.7 Å². The van der Waals surface area contributed by atoms with E-state index in [-0.39, 0.29) is 6.03 Å². The first-order valence-electron chi connectivity index (χ1n) is 16.8. The molecule has 0 spiro atoms. The van der Waals surface area contributed by atoms with E-state index in [1.807, 2.05) is 47.5 Å². The van der Waals surface area contributed by atoms with E-state index in [0.29, 0.717) is 25.2 Å². The zero-order valence-corrected chi connectivity index (χ0v) is 26.3. The molecule has 6 rings (SSSR count). The van der Waals surface area contributed by atoms with Crippen molar-refractivity contribution in [3.8, 4) is 16.9 Å². The number of benzene rings is 3. The third-order valence-electron chi connectivity index (χ3n) is 9.16. The fourth-order valence-electron chi connectivity index (χ4n) is 6.51. The van der Waals surface area contributed by atoms with Gasteiger partial charge in [0.15, 0.2) is 0 Å². The molecule has 0 atom stereocenters. The molecule has 45 heavy (non-hydrogen) atoms. The molecular formula is C39H46N4O2. The van der Waals surface area contributed by atoms with Gasteiger partial charge in [0.05, 0.1) is 6.10 Å². The highest BCUT2D eigenvalue weighted by atomic mass is 16.5. The van der Waals surface area contributed by atoms with E-state index in [1.165, 1.54) is 68.1 Å². The van der Waals surface area contributed by atoms with E-state index < -0.39 is 0 Å². The number of nitrogens with one attached hydrogen (secondary N) is 2. The van der Waals surface area contributed by atoms with Crippen molar-refractivity contribution in [2.75, 3.05) is 5.32 Å². The second-order valence-corrected chi connectivity index (χ2v) is 12.7. The topological polar surface area (TPSA) is 66.5 Å². The summed E-state index contributed by atoms with van der Waals surface area (Å²) in [4.78, 5) is 19.6. The predicted octanol–water partition coefficient (Wildman–Crippen LogP) is 9.12. The minimum absolute atomic E-state index is 0.152. The zero-order valence-electron chi connectivity index (χ0n) is 26.3. The Morgan fingerprint density at radius 3 is 1.98 bits per heavy atom. The summed E-state index contributed by atoms with van der Waals surface area (Å²) >= 11 is 0. The van der Waals surface area contributed by atoms with Gasteiger partial charge in [0.25, 0.3) is 0 Å². The van der Waals surface area contributed by atoms with Crippen LogP contribution in [0.4, 0.5) is 10.5 Å². The van der Waals surface area contributed by atoms with Gasteiger partial charge < -0.3 is 20.3 Å². The standard InChI is InChI=1S/C39H46N4O2/c44-39(42-36-21-23-38(24-22-36)45-37-11-5-2-6-12-37)43(29-32-8-7-25-40-26-32)28-31-15-19-34(20-16-31)33-17-13-30(14-18-33)27-41-35-9-3-1-4-10-35/h7-8,13-26,35,37,41H,1-6,9-12,27-29H2,(H,42,44). The van der Waals surface area contributed by atoms with Crippen LogP contribution in [0.2, 0.25) is 0 Å². The molecule has 4 aromatic rings. The number of hydrogen-bond donors (Lipinski definition) is 2. The highest BCUT2D eigenvalue weighted by Gasteiger charge is 2.17. The van der Waals surface area contributed by atoms with Crippen molar-refractivity contribution in [3.05, 3.63) is 114 Å². The largest absolute Gasteiger partial charge is 0.490 e. The Bertz CT molecular complexity index is 1460. The molecule has 2 saturated carbocycles. The first-order chi connectivity index (χ1) is 22.2. The molecule has 2 aliphatic rings. The van der Waals surface area contributed by atoms with E-state index in [9.17, 15) is 4.79 Å². The van der Waals surface area contributed by atoms with Gasteiger partial charge in [-0.15, -0.1) is 0 Å². The SMILES string of the molecule is O=C(Nc1ccc(OC2CCCCC2)cc1)N(Cc1ccc(-c2ccc(CNC3CCCCC3)cc2)cc1)Cc1cccnc1. The van der Waals surface area contributed by atoms with Gasteiger partial charge >= 0.3 is 6.03 Å². The number of hydrogen-bond acceptors (Lipinski definition) is 4. The van der Waals surface area contributed by atoms with Crippen LogP contribution in [-0.2, 0) is 19.6 Å². The van der Waals surface area contributed by atoms with Gasteiger partial charge in [-0.05, 0) is 96.7 Å². The molecule has 1 aromatic heterocycles. The average molecular weight is 603 g/mol. The smallest absolute Gasteiger partial charge is 0.322 e. The number of pyridine rings is 1. The number of aromatic nitrogens is 1. The average Bonchev–Trinajstić information content (AvgIpc) is 3.10. The van der Waals surface area contributed by atoms with Crippen LogP contribution in [0.1, 0.15) is 80.9 Å². The molecule has 0 bridgehead atoms. The Hall–Kier alpha value is -4.16. The van der Waals surface area contributed by atoms with Crippen LogP contribution >= 0.6 is 0 Å². The van der Waals surface area contributed by atoms with Gasteiger partial charge in [0.1, 0.15) is 5.75 Å². The quantitative estimate of drug-likeness (QED) is 0.180. The molecule has 0 saturated heterocycles. The summed E-state index contributed by atoms with van der Waals surface area (Å²) in [6, 6.07) is 29.6. The van der Waals surface area contributed by atoms with Crippen molar-refractivity contribution in [2.45, 2.75) is 96.0 Å². The van der Waals surface area contributed by atoms with E-state index in [4.69, 9.17) is 4.74 Å². The van der Waals surface area contributed by atoms with E-state index in [1.54, 1.807) is 6.20 Å². The second kappa shape index (κ2) is 15.7. The fourth-order valence-corrected chi connectivity index (χ4v) is 6.51. The number of rotatable bonds is 11. The van der Waals surface area contributed by atoms with Crippen LogP contribution in [0.3, 0.4) is 0 Å². The van der Waals surface area contributed by atoms with Gasteiger partial charge in [-0.1, -0.05) is 80.3 Å². The maximum atomic E-state index is 13.6. The summed E-state index contributed by atoms with van der Waals surface area (Å²) in [5.41, 5.74) is 6.50. The number of carbonyl (C=O) groups is 1. The minimum atomic E-state index is -0.152. The first kappa shape index (κ1) is 30.8. The number of anilines is 1. The third kappa shape index (κ3) is 9.18. The summed E-state index contributed by atoms with van der Waals surface area (Å²) in [6.07, 6.45) is 16.6. The molecule has 1 heterocycles. The molecule has 234 valence electrons. The summed E-state index contributed by atoms with van der Waals surface area (Å²) < 4.78 is 6.17. The molecule has 0 radical (unpaired) electrons. The Balaban J connectivity index is 1.07. The van der Waals surface area contributed by atoms with Gasteiger partial charge in [0.2, 0.25) is 0 Å². The fraction of sp³-hybridized carbons (Fsp3) is 0.385. The summed E-state index contributed by atoms with van der Waals surface area (Å²) in [5, 5.41) is 6.83. The highest BCUT2D eigenvalue weighted by Crippen LogP contribution is 2.26. The zero-order chi connectivity index (χ0) is 30.7. The maximum Gasteiger partial charge on any atom is 0.322 e. The molecule has 0 aliphatic heterocycles. The highest BCUT2D eigenvalue weighted by molar-refractivity contribution is 5.89. The van der Waals surface area contributed by atoms with Crippen LogP contribution < -0.4 is 15.4 Å². The Morgan fingerprint density at radius 2 is 1.33 bits per heavy atom. The molecule has 2 amide bonds. The lowest BCUT2D eigenvalue weighted by Gasteiger charge is -2.24. The lowest BCUT2D eigenvalue weighted by atomic mass is 9.95. The van der Waals surface area contributed by atoms with Crippen molar-refractivity contribution in [1.29, 1.82) is 0 Å². The molecule has 0 unspecified atom stereocenters. The van der Waals surface area contributed by atoms with Crippen LogP contribution in [0, 0.1) is 0 Å².